The molecule has 1 heterocycles. The molecule has 1 rings (SSSR count). The molecule has 14 heavy (non-hydrogen) atoms. The minimum atomic E-state index is 0.218. The molecule has 1 unspecified atom stereocenters. The lowest BCUT2D eigenvalue weighted by Crippen LogP contribution is -2.34. The predicted octanol–water partition coefficient (Wildman–Crippen LogP) is 1.82. The van der Waals surface area contributed by atoms with E-state index in [1.54, 1.807) is 0 Å². The van der Waals surface area contributed by atoms with Gasteiger partial charge in [-0.15, -0.1) is 0 Å². The highest BCUT2D eigenvalue weighted by Gasteiger charge is 2.26. The van der Waals surface area contributed by atoms with Gasteiger partial charge < -0.3 is 5.32 Å². The van der Waals surface area contributed by atoms with Crippen molar-refractivity contribution in [1.29, 1.82) is 0 Å². The molecule has 1 fully saturated rings. The van der Waals surface area contributed by atoms with Gasteiger partial charge in [-0.2, -0.15) is 0 Å². The Balaban J connectivity index is 2.22. The Labute approximate surface area is 100 Å². The summed E-state index contributed by atoms with van der Waals surface area (Å²) in [5.41, 5.74) is 0. The zero-order chi connectivity index (χ0) is 10.6. The van der Waals surface area contributed by atoms with Crippen LogP contribution < -0.4 is 5.32 Å². The molecular weight excluding hydrogens is 291 g/mol. The van der Waals surface area contributed by atoms with Gasteiger partial charge in [-0.25, -0.2) is 3.11 Å². The Morgan fingerprint density at radius 2 is 2.43 bits per heavy atom. The first-order valence-corrected chi connectivity index (χ1v) is 6.28. The van der Waals surface area contributed by atoms with Crippen LogP contribution in [-0.2, 0) is 4.79 Å². The summed E-state index contributed by atoms with van der Waals surface area (Å²) in [6, 6.07) is 0. The van der Waals surface area contributed by atoms with Gasteiger partial charge in [0.15, 0.2) is 0 Å². The number of nitrogens with zero attached hydrogens (tertiary/aromatic N) is 1. The largest absolute Gasteiger partial charge is 0.356 e. The number of carbonyl (C=O) groups excluding carboxylic acids is 1. The van der Waals surface area contributed by atoms with E-state index >= 15 is 0 Å². The van der Waals surface area contributed by atoms with Gasteiger partial charge in [-0.3, -0.25) is 4.79 Å². The second-order valence-corrected chi connectivity index (χ2v) is 5.48. The molecule has 1 amide bonds. The zero-order valence-corrected chi connectivity index (χ0v) is 11.1. The Bertz CT molecular complexity index is 199. The maximum atomic E-state index is 11.7. The molecular formula is C10H19IN2O. The second-order valence-electron chi connectivity index (χ2n) is 4.11. The number of hydrogen-bond acceptors (Lipinski definition) is 2. The second kappa shape index (κ2) is 5.90. The van der Waals surface area contributed by atoms with Crippen molar-refractivity contribution in [2.24, 2.45) is 11.8 Å². The highest BCUT2D eigenvalue weighted by atomic mass is 127. The minimum Gasteiger partial charge on any atom is -0.356 e. The smallest absolute Gasteiger partial charge is 0.224 e. The van der Waals surface area contributed by atoms with Gasteiger partial charge in [0.2, 0.25) is 5.91 Å². The predicted molar refractivity (Wildman–Crippen MR) is 66.2 cm³/mol. The van der Waals surface area contributed by atoms with Gasteiger partial charge in [0.05, 0.1) is 5.92 Å². The van der Waals surface area contributed by atoms with Crippen molar-refractivity contribution in [3.63, 3.8) is 0 Å². The molecule has 2 atom stereocenters. The molecule has 0 aliphatic carbocycles. The summed E-state index contributed by atoms with van der Waals surface area (Å²) in [6.07, 6.45) is 2.14. The van der Waals surface area contributed by atoms with Crippen molar-refractivity contribution in [3.05, 3.63) is 0 Å². The van der Waals surface area contributed by atoms with Crippen LogP contribution in [0.1, 0.15) is 26.7 Å². The van der Waals surface area contributed by atoms with Gasteiger partial charge >= 0.3 is 0 Å². The Morgan fingerprint density at radius 3 is 2.93 bits per heavy atom. The average Bonchev–Trinajstić information content (AvgIpc) is 2.60. The fourth-order valence-electron chi connectivity index (χ4n) is 1.50. The number of rotatable bonds is 4. The number of hydrogen-bond donors (Lipinski definition) is 1. The topological polar surface area (TPSA) is 32.3 Å². The molecule has 0 radical (unpaired) electrons. The monoisotopic (exact) mass is 310 g/mol. The van der Waals surface area contributed by atoms with Crippen LogP contribution in [-0.4, -0.2) is 28.7 Å². The van der Waals surface area contributed by atoms with Crippen molar-refractivity contribution in [3.8, 4) is 0 Å². The molecule has 0 aromatic rings. The maximum absolute atomic E-state index is 11.7. The third-order valence-corrected chi connectivity index (χ3v) is 3.71. The van der Waals surface area contributed by atoms with Gasteiger partial charge in [-0.05, 0) is 12.3 Å². The Hall–Kier alpha value is 0.160. The van der Waals surface area contributed by atoms with E-state index in [9.17, 15) is 4.79 Å². The summed E-state index contributed by atoms with van der Waals surface area (Å²) >= 11 is 2.28. The number of halogens is 1. The molecule has 3 nitrogen and oxygen atoms in total. The molecule has 0 saturated carbocycles. The van der Waals surface area contributed by atoms with E-state index in [0.717, 1.165) is 32.5 Å². The molecule has 1 aliphatic rings. The summed E-state index contributed by atoms with van der Waals surface area (Å²) in [7, 11) is 0. The number of nitrogens with one attached hydrogen (secondary N) is 1. The van der Waals surface area contributed by atoms with Crippen molar-refractivity contribution < 1.29 is 4.79 Å². The summed E-state index contributed by atoms with van der Waals surface area (Å²) in [6.45, 7) is 7.10. The fourth-order valence-corrected chi connectivity index (χ4v) is 2.25. The van der Waals surface area contributed by atoms with Crippen LogP contribution >= 0.6 is 22.9 Å². The van der Waals surface area contributed by atoms with E-state index in [2.05, 4.69) is 45.1 Å². The lowest BCUT2D eigenvalue weighted by Gasteiger charge is -2.13. The average molecular weight is 310 g/mol. The Morgan fingerprint density at radius 1 is 1.71 bits per heavy atom. The van der Waals surface area contributed by atoms with Crippen LogP contribution in [0.15, 0.2) is 0 Å². The zero-order valence-electron chi connectivity index (χ0n) is 8.92. The fraction of sp³-hybridized carbons (Fsp3) is 0.900. The van der Waals surface area contributed by atoms with E-state index in [-0.39, 0.29) is 11.8 Å². The molecule has 4 heteroatoms. The quantitative estimate of drug-likeness (QED) is 0.634. The van der Waals surface area contributed by atoms with Gasteiger partial charge in [0.1, 0.15) is 0 Å². The van der Waals surface area contributed by atoms with E-state index in [1.807, 2.05) is 0 Å². The lowest BCUT2D eigenvalue weighted by atomic mass is 10.1. The Kier molecular flexibility index (Phi) is 5.15. The first-order chi connectivity index (χ1) is 6.63. The molecule has 1 aliphatic heterocycles. The van der Waals surface area contributed by atoms with Crippen LogP contribution in [0.5, 0.6) is 0 Å². The van der Waals surface area contributed by atoms with Crippen LogP contribution in [0.4, 0.5) is 0 Å². The van der Waals surface area contributed by atoms with Crippen LogP contribution in [0.3, 0.4) is 0 Å². The first-order valence-electron chi connectivity index (χ1n) is 5.32. The third kappa shape index (κ3) is 3.73. The van der Waals surface area contributed by atoms with Crippen molar-refractivity contribution in [2.45, 2.75) is 26.7 Å². The van der Waals surface area contributed by atoms with Gasteiger partial charge in [0, 0.05) is 42.5 Å². The third-order valence-electron chi connectivity index (χ3n) is 2.83. The molecule has 0 aromatic heterocycles. The highest BCUT2D eigenvalue weighted by Crippen LogP contribution is 2.19. The van der Waals surface area contributed by atoms with E-state index < -0.39 is 0 Å². The van der Waals surface area contributed by atoms with Crippen LogP contribution in [0, 0.1) is 11.8 Å². The van der Waals surface area contributed by atoms with Crippen LogP contribution in [0.2, 0.25) is 0 Å². The van der Waals surface area contributed by atoms with E-state index in [0.29, 0.717) is 5.92 Å². The standard InChI is InChI=1S/C10H19IN2O/c1-3-8(2)6-12-10(14)9-4-5-13(11)7-9/h8-9H,3-7H2,1-2H3,(H,12,14)/t8?,9-/m1/s1. The molecule has 82 valence electrons. The molecule has 0 bridgehead atoms. The summed E-state index contributed by atoms with van der Waals surface area (Å²) in [4.78, 5) is 11.7. The van der Waals surface area contributed by atoms with E-state index in [4.69, 9.17) is 0 Å². The normalized spacial score (nSPS) is 24.9. The molecule has 1 saturated heterocycles. The van der Waals surface area contributed by atoms with Gasteiger partial charge in [-0.1, -0.05) is 20.3 Å². The summed E-state index contributed by atoms with van der Waals surface area (Å²) < 4.78 is 2.19. The molecule has 0 spiro atoms. The summed E-state index contributed by atoms with van der Waals surface area (Å²) in [5, 5.41) is 3.03. The number of carbonyl (C=O) groups is 1. The summed E-state index contributed by atoms with van der Waals surface area (Å²) in [5.74, 6) is 1.05. The van der Waals surface area contributed by atoms with Crippen LogP contribution in [0.25, 0.3) is 0 Å². The minimum absolute atomic E-state index is 0.218. The van der Waals surface area contributed by atoms with E-state index in [1.165, 1.54) is 0 Å². The maximum Gasteiger partial charge on any atom is 0.224 e. The van der Waals surface area contributed by atoms with Crippen molar-refractivity contribution in [2.75, 3.05) is 19.6 Å². The molecule has 0 aromatic carbocycles. The SMILES string of the molecule is CCC(C)CNC(=O)[C@@H]1CCN(I)C1. The lowest BCUT2D eigenvalue weighted by molar-refractivity contribution is -0.124. The number of amides is 1. The first kappa shape index (κ1) is 12.2. The highest BCUT2D eigenvalue weighted by molar-refractivity contribution is 14.1. The van der Waals surface area contributed by atoms with Crippen molar-refractivity contribution in [1.82, 2.24) is 8.43 Å². The van der Waals surface area contributed by atoms with Gasteiger partial charge in [0.25, 0.3) is 0 Å². The molecule has 1 N–H and O–H groups in total. The van der Waals surface area contributed by atoms with Crippen molar-refractivity contribution >= 4 is 28.8 Å².